The van der Waals surface area contributed by atoms with Gasteiger partial charge in [-0.15, -0.1) is 0 Å². The molecule has 1 amide bonds. The highest BCUT2D eigenvalue weighted by molar-refractivity contribution is 9.10. The Balaban J connectivity index is 1.82. The summed E-state index contributed by atoms with van der Waals surface area (Å²) in [7, 11) is 1.87. The highest BCUT2D eigenvalue weighted by Crippen LogP contribution is 2.34. The van der Waals surface area contributed by atoms with E-state index >= 15 is 0 Å². The second-order valence-corrected chi connectivity index (χ2v) is 6.41. The molecule has 1 N–H and O–H groups in total. The summed E-state index contributed by atoms with van der Waals surface area (Å²) < 4.78 is 6.83. The minimum atomic E-state index is -0.0559. The van der Waals surface area contributed by atoms with E-state index in [9.17, 15) is 4.79 Å². The average molecular weight is 339 g/mol. The molecule has 2 unspecified atom stereocenters. The summed E-state index contributed by atoms with van der Waals surface area (Å²) in [5.41, 5.74) is 1.16. The maximum atomic E-state index is 12.1. The number of halogens is 1. The molecular weight excluding hydrogens is 320 g/mol. The van der Waals surface area contributed by atoms with Crippen molar-refractivity contribution in [1.82, 2.24) is 10.2 Å². The van der Waals surface area contributed by atoms with Crippen LogP contribution in [0.1, 0.15) is 30.9 Å². The van der Waals surface area contributed by atoms with Gasteiger partial charge in [0.05, 0.1) is 12.6 Å². The maximum absolute atomic E-state index is 12.1. The van der Waals surface area contributed by atoms with Crippen LogP contribution in [0.2, 0.25) is 0 Å². The number of hydrogen-bond acceptors (Lipinski definition) is 3. The van der Waals surface area contributed by atoms with Crippen LogP contribution in [0.3, 0.4) is 0 Å². The molecule has 0 saturated carbocycles. The zero-order valence-electron chi connectivity index (χ0n) is 11.6. The molecule has 108 valence electrons. The Morgan fingerprint density at radius 3 is 2.95 bits per heavy atom. The molecule has 2 heterocycles. The van der Waals surface area contributed by atoms with Gasteiger partial charge in [0.1, 0.15) is 5.75 Å². The zero-order valence-corrected chi connectivity index (χ0v) is 13.1. The van der Waals surface area contributed by atoms with Crippen molar-refractivity contribution in [2.45, 2.75) is 31.3 Å². The van der Waals surface area contributed by atoms with Crippen molar-refractivity contribution in [3.05, 3.63) is 28.2 Å². The monoisotopic (exact) mass is 338 g/mol. The number of nitrogens with one attached hydrogen (secondary N) is 1. The Morgan fingerprint density at radius 1 is 1.35 bits per heavy atom. The molecule has 0 aromatic heterocycles. The quantitative estimate of drug-likeness (QED) is 0.900. The van der Waals surface area contributed by atoms with Crippen molar-refractivity contribution in [3.8, 4) is 5.75 Å². The van der Waals surface area contributed by atoms with E-state index in [4.69, 9.17) is 4.74 Å². The van der Waals surface area contributed by atoms with Crippen LogP contribution < -0.4 is 10.1 Å². The second kappa shape index (κ2) is 5.74. The van der Waals surface area contributed by atoms with Crippen LogP contribution in [0, 0.1) is 0 Å². The van der Waals surface area contributed by atoms with Gasteiger partial charge in [-0.1, -0.05) is 22.0 Å². The van der Waals surface area contributed by atoms with E-state index in [0.29, 0.717) is 0 Å². The molecule has 0 aliphatic carbocycles. The van der Waals surface area contributed by atoms with Crippen LogP contribution in [-0.2, 0) is 4.79 Å². The molecule has 0 radical (unpaired) electrons. The zero-order chi connectivity index (χ0) is 14.1. The first kappa shape index (κ1) is 13.9. The van der Waals surface area contributed by atoms with Gasteiger partial charge in [0, 0.05) is 29.7 Å². The molecule has 1 aromatic rings. The lowest BCUT2D eigenvalue weighted by Crippen LogP contribution is -2.39. The number of amides is 1. The number of fused-ring (bicyclic) bond motifs is 1. The summed E-state index contributed by atoms with van der Waals surface area (Å²) >= 11 is 3.48. The fraction of sp³-hybridized carbons (Fsp3) is 0.533. The first-order chi connectivity index (χ1) is 9.65. The van der Waals surface area contributed by atoms with Gasteiger partial charge in [-0.05, 0) is 31.4 Å². The van der Waals surface area contributed by atoms with Crippen molar-refractivity contribution in [2.75, 3.05) is 20.2 Å². The Hall–Kier alpha value is -1.07. The average Bonchev–Trinajstić information content (AvgIpc) is 2.64. The summed E-state index contributed by atoms with van der Waals surface area (Å²) in [6, 6.07) is 6.27. The van der Waals surface area contributed by atoms with Gasteiger partial charge in [0.2, 0.25) is 5.91 Å². The van der Waals surface area contributed by atoms with Gasteiger partial charge in [0.15, 0.2) is 0 Å². The standard InChI is InChI=1S/C15H19BrN2O2/c1-18-7-6-13(15(18)19)17-12-3-2-8-20-14-9-10(16)4-5-11(12)14/h4-5,9,12-13,17H,2-3,6-8H2,1H3. The topological polar surface area (TPSA) is 41.6 Å². The van der Waals surface area contributed by atoms with Gasteiger partial charge in [-0.2, -0.15) is 0 Å². The third-order valence-electron chi connectivity index (χ3n) is 4.08. The molecule has 1 fully saturated rings. The van der Waals surface area contributed by atoms with Crippen molar-refractivity contribution < 1.29 is 9.53 Å². The Bertz CT molecular complexity index is 521. The highest BCUT2D eigenvalue weighted by atomic mass is 79.9. The smallest absolute Gasteiger partial charge is 0.239 e. The molecule has 0 bridgehead atoms. The molecule has 0 spiro atoms. The lowest BCUT2D eigenvalue weighted by atomic mass is 10.0. The lowest BCUT2D eigenvalue weighted by Gasteiger charge is -2.22. The molecule has 2 atom stereocenters. The Labute approximate surface area is 127 Å². The molecule has 4 nitrogen and oxygen atoms in total. The van der Waals surface area contributed by atoms with Crippen LogP contribution in [0.25, 0.3) is 0 Å². The fourth-order valence-corrected chi connectivity index (χ4v) is 3.28. The molecule has 2 aliphatic rings. The predicted octanol–water partition coefficient (Wildman–Crippen LogP) is 2.48. The van der Waals surface area contributed by atoms with E-state index in [2.05, 4.69) is 27.3 Å². The molecule has 1 aromatic carbocycles. The highest BCUT2D eigenvalue weighted by Gasteiger charge is 2.32. The summed E-state index contributed by atoms with van der Waals surface area (Å²) in [6.45, 7) is 1.58. The number of ether oxygens (including phenoxy) is 1. The largest absolute Gasteiger partial charge is 0.493 e. The second-order valence-electron chi connectivity index (χ2n) is 5.49. The van der Waals surface area contributed by atoms with Crippen molar-refractivity contribution in [3.63, 3.8) is 0 Å². The first-order valence-corrected chi connectivity index (χ1v) is 7.88. The number of likely N-dealkylation sites (tertiary alicyclic amines) is 1. The van der Waals surface area contributed by atoms with Gasteiger partial charge < -0.3 is 9.64 Å². The molecule has 20 heavy (non-hydrogen) atoms. The maximum Gasteiger partial charge on any atom is 0.239 e. The number of rotatable bonds is 2. The van der Waals surface area contributed by atoms with E-state index in [-0.39, 0.29) is 18.0 Å². The predicted molar refractivity (Wildman–Crippen MR) is 80.8 cm³/mol. The number of nitrogens with zero attached hydrogens (tertiary/aromatic N) is 1. The molecule has 5 heteroatoms. The van der Waals surface area contributed by atoms with Crippen LogP contribution in [0.5, 0.6) is 5.75 Å². The van der Waals surface area contributed by atoms with Crippen LogP contribution >= 0.6 is 15.9 Å². The number of carbonyl (C=O) groups excluding carboxylic acids is 1. The van der Waals surface area contributed by atoms with Crippen LogP contribution in [-0.4, -0.2) is 37.0 Å². The van der Waals surface area contributed by atoms with Gasteiger partial charge in [-0.3, -0.25) is 10.1 Å². The third-order valence-corrected chi connectivity index (χ3v) is 4.57. The summed E-state index contributed by atoms with van der Waals surface area (Å²) in [4.78, 5) is 13.9. The van der Waals surface area contributed by atoms with E-state index in [1.165, 1.54) is 0 Å². The third kappa shape index (κ3) is 2.69. The Kier molecular flexibility index (Phi) is 3.98. The van der Waals surface area contributed by atoms with E-state index in [0.717, 1.165) is 48.2 Å². The van der Waals surface area contributed by atoms with Crippen molar-refractivity contribution in [2.24, 2.45) is 0 Å². The number of likely N-dealkylation sites (N-methyl/N-ethyl adjacent to an activating group) is 1. The van der Waals surface area contributed by atoms with Gasteiger partial charge >= 0.3 is 0 Å². The van der Waals surface area contributed by atoms with Gasteiger partial charge in [-0.25, -0.2) is 0 Å². The minimum absolute atomic E-state index is 0.0559. The Morgan fingerprint density at radius 2 is 2.20 bits per heavy atom. The lowest BCUT2D eigenvalue weighted by molar-refractivity contribution is -0.128. The van der Waals surface area contributed by atoms with Crippen LogP contribution in [0.4, 0.5) is 0 Å². The van der Waals surface area contributed by atoms with E-state index < -0.39 is 0 Å². The summed E-state index contributed by atoms with van der Waals surface area (Å²) in [5, 5.41) is 3.53. The van der Waals surface area contributed by atoms with Crippen molar-refractivity contribution >= 4 is 21.8 Å². The van der Waals surface area contributed by atoms with E-state index in [1.807, 2.05) is 19.2 Å². The number of carbonyl (C=O) groups is 1. The van der Waals surface area contributed by atoms with E-state index in [1.54, 1.807) is 4.90 Å². The first-order valence-electron chi connectivity index (χ1n) is 7.08. The molecule has 1 saturated heterocycles. The van der Waals surface area contributed by atoms with Crippen LogP contribution in [0.15, 0.2) is 22.7 Å². The number of benzene rings is 1. The normalized spacial score (nSPS) is 26.1. The molecule has 3 rings (SSSR count). The number of hydrogen-bond donors (Lipinski definition) is 1. The van der Waals surface area contributed by atoms with Gasteiger partial charge in [0.25, 0.3) is 0 Å². The minimum Gasteiger partial charge on any atom is -0.493 e. The SMILES string of the molecule is CN1CCC(NC2CCCOc3cc(Br)ccc32)C1=O. The van der Waals surface area contributed by atoms with Crippen molar-refractivity contribution in [1.29, 1.82) is 0 Å². The fourth-order valence-electron chi connectivity index (χ4n) is 2.94. The summed E-state index contributed by atoms with van der Waals surface area (Å²) in [6.07, 6.45) is 2.89. The molecular formula is C15H19BrN2O2. The molecule has 2 aliphatic heterocycles. The summed E-state index contributed by atoms with van der Waals surface area (Å²) in [5.74, 6) is 1.13.